The fourth-order valence-corrected chi connectivity index (χ4v) is 2.49. The molecule has 1 aliphatic carbocycles. The number of carbonyl (C=O) groups excluding carboxylic acids is 1. The molecule has 1 fully saturated rings. The van der Waals surface area contributed by atoms with Crippen LogP contribution >= 0.6 is 0 Å². The molecule has 98 valence electrons. The van der Waals surface area contributed by atoms with Gasteiger partial charge >= 0.3 is 0 Å². The molecule has 0 heterocycles. The molecule has 0 aliphatic heterocycles. The van der Waals surface area contributed by atoms with Crippen LogP contribution in [0, 0.1) is 12.7 Å². The zero-order valence-corrected chi connectivity index (χ0v) is 10.8. The quantitative estimate of drug-likeness (QED) is 0.869. The van der Waals surface area contributed by atoms with Crippen LogP contribution in [0.5, 0.6) is 0 Å². The van der Waals surface area contributed by atoms with E-state index >= 15 is 0 Å². The van der Waals surface area contributed by atoms with Crippen LogP contribution in [0.2, 0.25) is 0 Å². The smallest absolute Gasteiger partial charge is 0.150 e. The molecule has 1 aromatic rings. The van der Waals surface area contributed by atoms with Crippen molar-refractivity contribution in [2.75, 3.05) is 6.54 Å². The van der Waals surface area contributed by atoms with Crippen molar-refractivity contribution < 1.29 is 9.18 Å². The number of halogens is 1. The molecule has 0 bridgehead atoms. The van der Waals surface area contributed by atoms with E-state index in [4.69, 9.17) is 0 Å². The van der Waals surface area contributed by atoms with Gasteiger partial charge in [0.15, 0.2) is 5.78 Å². The van der Waals surface area contributed by atoms with E-state index in [1.807, 2.05) is 6.92 Å². The Hall–Kier alpha value is -1.22. The van der Waals surface area contributed by atoms with Crippen LogP contribution in [0.3, 0.4) is 0 Å². The molecule has 1 aliphatic rings. The van der Waals surface area contributed by atoms with Crippen LogP contribution in [-0.4, -0.2) is 18.4 Å². The number of Topliss-reactive ketones (excluding diaryl/α,β-unsaturated/α-hetero) is 1. The number of carbonyl (C=O) groups is 1. The standard InChI is InChI=1S/C15H20FNO/c1-11-6-7-13(16)8-12(11)9-15(18)10-17-14-4-2-3-5-14/h6-8,14,17H,2-5,9-10H2,1H3. The maximum absolute atomic E-state index is 13.1. The van der Waals surface area contributed by atoms with E-state index in [-0.39, 0.29) is 11.6 Å². The van der Waals surface area contributed by atoms with Gasteiger partial charge in [0.05, 0.1) is 6.54 Å². The Balaban J connectivity index is 1.84. The van der Waals surface area contributed by atoms with Gasteiger partial charge in [0, 0.05) is 12.5 Å². The van der Waals surface area contributed by atoms with Gasteiger partial charge in [0.25, 0.3) is 0 Å². The highest BCUT2D eigenvalue weighted by molar-refractivity contribution is 5.83. The molecule has 0 amide bonds. The van der Waals surface area contributed by atoms with Crippen LogP contribution < -0.4 is 5.32 Å². The second-order valence-electron chi connectivity index (χ2n) is 5.15. The van der Waals surface area contributed by atoms with Gasteiger partial charge < -0.3 is 5.32 Å². The number of ketones is 1. The Bertz CT molecular complexity index is 425. The number of aryl methyl sites for hydroxylation is 1. The first kappa shape index (κ1) is 13.2. The Kier molecular flexibility index (Phi) is 4.48. The van der Waals surface area contributed by atoms with Gasteiger partial charge in [-0.3, -0.25) is 4.79 Å². The molecule has 1 aromatic carbocycles. The summed E-state index contributed by atoms with van der Waals surface area (Å²) >= 11 is 0. The predicted octanol–water partition coefficient (Wildman–Crippen LogP) is 2.78. The highest BCUT2D eigenvalue weighted by atomic mass is 19.1. The predicted molar refractivity (Wildman–Crippen MR) is 70.1 cm³/mol. The number of rotatable bonds is 5. The van der Waals surface area contributed by atoms with E-state index in [2.05, 4.69) is 5.32 Å². The highest BCUT2D eigenvalue weighted by Crippen LogP contribution is 2.17. The molecular weight excluding hydrogens is 229 g/mol. The van der Waals surface area contributed by atoms with E-state index < -0.39 is 0 Å². The normalized spacial score (nSPS) is 16.1. The topological polar surface area (TPSA) is 29.1 Å². The first-order valence-electron chi connectivity index (χ1n) is 6.65. The second-order valence-corrected chi connectivity index (χ2v) is 5.15. The van der Waals surface area contributed by atoms with Crippen LogP contribution in [0.1, 0.15) is 36.8 Å². The number of hydrogen-bond donors (Lipinski definition) is 1. The molecule has 3 heteroatoms. The molecule has 0 saturated heterocycles. The Labute approximate surface area is 108 Å². The van der Waals surface area contributed by atoms with Gasteiger partial charge in [0.1, 0.15) is 5.82 Å². The third-order valence-electron chi connectivity index (χ3n) is 3.64. The number of benzene rings is 1. The molecule has 2 nitrogen and oxygen atoms in total. The average molecular weight is 249 g/mol. The van der Waals surface area contributed by atoms with Crippen molar-refractivity contribution in [3.05, 3.63) is 35.1 Å². The summed E-state index contributed by atoms with van der Waals surface area (Å²) in [5, 5.41) is 3.29. The second kappa shape index (κ2) is 6.10. The van der Waals surface area contributed by atoms with Gasteiger partial charge in [-0.15, -0.1) is 0 Å². The minimum atomic E-state index is -0.271. The molecule has 0 spiro atoms. The molecular formula is C15H20FNO. The summed E-state index contributed by atoms with van der Waals surface area (Å²) < 4.78 is 13.1. The summed E-state index contributed by atoms with van der Waals surface area (Å²) in [6.45, 7) is 2.31. The lowest BCUT2D eigenvalue weighted by molar-refractivity contribution is -0.117. The van der Waals surface area contributed by atoms with Crippen LogP contribution in [-0.2, 0) is 11.2 Å². The van der Waals surface area contributed by atoms with Crippen LogP contribution in [0.15, 0.2) is 18.2 Å². The van der Waals surface area contributed by atoms with E-state index in [0.29, 0.717) is 19.0 Å². The van der Waals surface area contributed by atoms with Crippen LogP contribution in [0.25, 0.3) is 0 Å². The van der Waals surface area contributed by atoms with Crippen molar-refractivity contribution in [3.8, 4) is 0 Å². The molecule has 0 atom stereocenters. The first-order chi connectivity index (χ1) is 8.65. The van der Waals surface area contributed by atoms with E-state index in [9.17, 15) is 9.18 Å². The summed E-state index contributed by atoms with van der Waals surface area (Å²) in [6, 6.07) is 5.12. The van der Waals surface area contributed by atoms with Gasteiger partial charge in [0.2, 0.25) is 0 Å². The van der Waals surface area contributed by atoms with E-state index in [1.54, 1.807) is 6.07 Å². The van der Waals surface area contributed by atoms with Crippen molar-refractivity contribution in [1.29, 1.82) is 0 Å². The van der Waals surface area contributed by atoms with Crippen molar-refractivity contribution in [3.63, 3.8) is 0 Å². The lowest BCUT2D eigenvalue weighted by Crippen LogP contribution is -2.32. The number of nitrogens with one attached hydrogen (secondary N) is 1. The maximum atomic E-state index is 13.1. The highest BCUT2D eigenvalue weighted by Gasteiger charge is 2.15. The maximum Gasteiger partial charge on any atom is 0.150 e. The van der Waals surface area contributed by atoms with Crippen LogP contribution in [0.4, 0.5) is 4.39 Å². The molecule has 2 rings (SSSR count). The zero-order valence-electron chi connectivity index (χ0n) is 10.8. The largest absolute Gasteiger partial charge is 0.307 e. The Morgan fingerprint density at radius 2 is 2.11 bits per heavy atom. The molecule has 1 N–H and O–H groups in total. The fourth-order valence-electron chi connectivity index (χ4n) is 2.49. The van der Waals surface area contributed by atoms with Gasteiger partial charge in [-0.2, -0.15) is 0 Å². The van der Waals surface area contributed by atoms with Gasteiger partial charge in [-0.25, -0.2) is 4.39 Å². The minimum absolute atomic E-state index is 0.135. The van der Waals surface area contributed by atoms with Gasteiger partial charge in [-0.05, 0) is 43.0 Å². The Morgan fingerprint density at radius 3 is 2.83 bits per heavy atom. The van der Waals surface area contributed by atoms with Crippen molar-refractivity contribution in [2.24, 2.45) is 0 Å². The van der Waals surface area contributed by atoms with Crippen molar-refractivity contribution in [1.82, 2.24) is 5.32 Å². The molecule has 18 heavy (non-hydrogen) atoms. The zero-order chi connectivity index (χ0) is 13.0. The van der Waals surface area contributed by atoms with E-state index in [1.165, 1.54) is 37.8 Å². The third kappa shape index (κ3) is 3.64. The summed E-state index contributed by atoms with van der Waals surface area (Å²) in [4.78, 5) is 11.8. The molecule has 1 saturated carbocycles. The summed E-state index contributed by atoms with van der Waals surface area (Å²) in [7, 11) is 0. The SMILES string of the molecule is Cc1ccc(F)cc1CC(=O)CNC1CCCC1. The van der Waals surface area contributed by atoms with Crippen molar-refractivity contribution >= 4 is 5.78 Å². The molecule has 0 radical (unpaired) electrons. The third-order valence-corrected chi connectivity index (χ3v) is 3.64. The first-order valence-corrected chi connectivity index (χ1v) is 6.65. The summed E-state index contributed by atoms with van der Waals surface area (Å²) in [5.74, 6) is -0.136. The fraction of sp³-hybridized carbons (Fsp3) is 0.533. The lowest BCUT2D eigenvalue weighted by Gasteiger charge is -2.11. The lowest BCUT2D eigenvalue weighted by atomic mass is 10.0. The average Bonchev–Trinajstić information content (AvgIpc) is 2.84. The Morgan fingerprint density at radius 1 is 1.39 bits per heavy atom. The molecule has 0 aromatic heterocycles. The minimum Gasteiger partial charge on any atom is -0.307 e. The molecule has 0 unspecified atom stereocenters. The summed E-state index contributed by atoms with van der Waals surface area (Å²) in [5.41, 5.74) is 1.78. The van der Waals surface area contributed by atoms with E-state index in [0.717, 1.165) is 11.1 Å². The van der Waals surface area contributed by atoms with Crippen molar-refractivity contribution in [2.45, 2.75) is 45.1 Å². The summed E-state index contributed by atoms with van der Waals surface area (Å²) in [6.07, 6.45) is 5.19. The number of hydrogen-bond acceptors (Lipinski definition) is 2. The monoisotopic (exact) mass is 249 g/mol. The van der Waals surface area contributed by atoms with Gasteiger partial charge in [-0.1, -0.05) is 18.9 Å².